The van der Waals surface area contributed by atoms with Gasteiger partial charge in [-0.05, 0) is 37.2 Å². The molecule has 0 spiro atoms. The van der Waals surface area contributed by atoms with E-state index in [1.54, 1.807) is 4.90 Å². The van der Waals surface area contributed by atoms with Gasteiger partial charge in [-0.15, -0.1) is 5.10 Å². The predicted molar refractivity (Wildman–Crippen MR) is 69.8 cm³/mol. The molecule has 1 N–H and O–H groups in total. The second-order valence-electron chi connectivity index (χ2n) is 5.43. The molecular formula is C12H19N3O2S. The van der Waals surface area contributed by atoms with Gasteiger partial charge in [0.05, 0.1) is 11.3 Å². The number of piperidine rings is 1. The van der Waals surface area contributed by atoms with Crippen LogP contribution in [-0.4, -0.2) is 44.2 Å². The average Bonchev–Trinajstić information content (AvgIpc) is 2.77. The topological polar surface area (TPSA) is 66.3 Å². The smallest absolute Gasteiger partial charge is 0.267 e. The number of hydrogen-bond donors (Lipinski definition) is 1. The molecule has 100 valence electrons. The second kappa shape index (κ2) is 4.93. The number of aliphatic hydroxyl groups is 1. The lowest BCUT2D eigenvalue weighted by atomic mass is 9.93. The summed E-state index contributed by atoms with van der Waals surface area (Å²) >= 11 is 1.16. The summed E-state index contributed by atoms with van der Waals surface area (Å²) in [5.41, 5.74) is 0.145. The van der Waals surface area contributed by atoms with E-state index in [2.05, 4.69) is 9.59 Å². The van der Waals surface area contributed by atoms with Gasteiger partial charge in [0.25, 0.3) is 5.91 Å². The Morgan fingerprint density at radius 2 is 2.06 bits per heavy atom. The highest BCUT2D eigenvalue weighted by molar-refractivity contribution is 7.08. The molecule has 0 unspecified atom stereocenters. The van der Waals surface area contributed by atoms with Gasteiger partial charge in [-0.1, -0.05) is 18.3 Å². The van der Waals surface area contributed by atoms with Crippen molar-refractivity contribution in [3.05, 3.63) is 10.6 Å². The van der Waals surface area contributed by atoms with E-state index in [1.807, 2.05) is 20.8 Å². The monoisotopic (exact) mass is 269 g/mol. The standard InChI is InChI=1S/C12H19N3O2S/c1-8(2)9-10(18-14-13-9)11(16)15-6-4-12(3,17)5-7-15/h8,17H,4-7H2,1-3H3. The van der Waals surface area contributed by atoms with Crippen LogP contribution in [0.3, 0.4) is 0 Å². The van der Waals surface area contributed by atoms with E-state index < -0.39 is 5.60 Å². The highest BCUT2D eigenvalue weighted by Gasteiger charge is 2.32. The first-order chi connectivity index (χ1) is 8.41. The van der Waals surface area contributed by atoms with Crippen LogP contribution >= 0.6 is 11.5 Å². The highest BCUT2D eigenvalue weighted by atomic mass is 32.1. The van der Waals surface area contributed by atoms with Crippen molar-refractivity contribution in [1.82, 2.24) is 14.5 Å². The summed E-state index contributed by atoms with van der Waals surface area (Å²) in [6.45, 7) is 7.04. The van der Waals surface area contributed by atoms with Crippen LogP contribution in [-0.2, 0) is 0 Å². The van der Waals surface area contributed by atoms with Crippen LogP contribution in [0.15, 0.2) is 0 Å². The van der Waals surface area contributed by atoms with Crippen molar-refractivity contribution in [3.63, 3.8) is 0 Å². The van der Waals surface area contributed by atoms with Gasteiger partial charge in [-0.2, -0.15) is 0 Å². The van der Waals surface area contributed by atoms with Crippen molar-refractivity contribution in [3.8, 4) is 0 Å². The second-order valence-corrected chi connectivity index (χ2v) is 6.19. The normalized spacial score (nSPS) is 19.3. The number of carbonyl (C=O) groups is 1. The largest absolute Gasteiger partial charge is 0.390 e. The molecule has 1 amide bonds. The zero-order chi connectivity index (χ0) is 13.3. The average molecular weight is 269 g/mol. The molecule has 6 heteroatoms. The number of rotatable bonds is 2. The Morgan fingerprint density at radius 3 is 2.61 bits per heavy atom. The molecule has 0 radical (unpaired) electrons. The molecule has 0 bridgehead atoms. The first kappa shape index (κ1) is 13.4. The van der Waals surface area contributed by atoms with Crippen molar-refractivity contribution < 1.29 is 9.90 Å². The molecule has 1 aromatic rings. The molecule has 1 aliphatic rings. The van der Waals surface area contributed by atoms with E-state index in [-0.39, 0.29) is 11.8 Å². The predicted octanol–water partition coefficient (Wildman–Crippen LogP) is 1.65. The van der Waals surface area contributed by atoms with Crippen molar-refractivity contribution >= 4 is 17.4 Å². The maximum atomic E-state index is 12.4. The van der Waals surface area contributed by atoms with E-state index in [1.165, 1.54) is 0 Å². The van der Waals surface area contributed by atoms with Crippen LogP contribution in [0.1, 0.15) is 54.9 Å². The maximum Gasteiger partial charge on any atom is 0.267 e. The summed E-state index contributed by atoms with van der Waals surface area (Å²) in [4.78, 5) is 14.8. The van der Waals surface area contributed by atoms with Gasteiger partial charge in [-0.25, -0.2) is 0 Å². The van der Waals surface area contributed by atoms with Crippen molar-refractivity contribution in [2.45, 2.75) is 45.1 Å². The van der Waals surface area contributed by atoms with Crippen LogP contribution < -0.4 is 0 Å². The van der Waals surface area contributed by atoms with Gasteiger partial charge < -0.3 is 10.0 Å². The molecule has 2 heterocycles. The highest BCUT2D eigenvalue weighted by Crippen LogP contribution is 2.26. The molecule has 0 aliphatic carbocycles. The fourth-order valence-corrected chi connectivity index (χ4v) is 2.85. The van der Waals surface area contributed by atoms with E-state index >= 15 is 0 Å². The first-order valence-corrected chi connectivity index (χ1v) is 7.02. The first-order valence-electron chi connectivity index (χ1n) is 6.24. The van der Waals surface area contributed by atoms with Crippen LogP contribution in [0.2, 0.25) is 0 Å². The number of amides is 1. The van der Waals surface area contributed by atoms with E-state index in [0.717, 1.165) is 17.2 Å². The number of nitrogens with zero attached hydrogens (tertiary/aromatic N) is 3. The lowest BCUT2D eigenvalue weighted by Crippen LogP contribution is -2.45. The van der Waals surface area contributed by atoms with Crippen LogP contribution in [0.25, 0.3) is 0 Å². The van der Waals surface area contributed by atoms with Crippen molar-refractivity contribution in [1.29, 1.82) is 0 Å². The number of aromatic nitrogens is 2. The van der Waals surface area contributed by atoms with Gasteiger partial charge >= 0.3 is 0 Å². The van der Waals surface area contributed by atoms with Gasteiger partial charge in [0.15, 0.2) is 0 Å². The number of carbonyl (C=O) groups excluding carboxylic acids is 1. The van der Waals surface area contributed by atoms with E-state index in [9.17, 15) is 9.90 Å². The molecule has 5 nitrogen and oxygen atoms in total. The Morgan fingerprint density at radius 1 is 1.44 bits per heavy atom. The maximum absolute atomic E-state index is 12.4. The fraction of sp³-hybridized carbons (Fsp3) is 0.750. The Hall–Kier alpha value is -1.01. The molecule has 0 atom stereocenters. The van der Waals surface area contributed by atoms with Crippen LogP contribution in [0, 0.1) is 0 Å². The van der Waals surface area contributed by atoms with Gasteiger partial charge in [0, 0.05) is 13.1 Å². The summed E-state index contributed by atoms with van der Waals surface area (Å²) in [5.74, 6) is 0.208. The summed E-state index contributed by atoms with van der Waals surface area (Å²) in [5, 5.41) is 13.9. The Kier molecular flexibility index (Phi) is 3.68. The van der Waals surface area contributed by atoms with Crippen molar-refractivity contribution in [2.75, 3.05) is 13.1 Å². The lowest BCUT2D eigenvalue weighted by Gasteiger charge is -2.35. The van der Waals surface area contributed by atoms with E-state index in [4.69, 9.17) is 0 Å². The number of likely N-dealkylation sites (tertiary alicyclic amines) is 1. The third kappa shape index (κ3) is 2.70. The summed E-state index contributed by atoms with van der Waals surface area (Å²) in [6.07, 6.45) is 1.25. The minimum Gasteiger partial charge on any atom is -0.390 e. The number of hydrogen-bond acceptors (Lipinski definition) is 5. The van der Waals surface area contributed by atoms with Crippen molar-refractivity contribution in [2.24, 2.45) is 0 Å². The SMILES string of the molecule is CC(C)c1nnsc1C(=O)N1CCC(C)(O)CC1. The zero-order valence-corrected chi connectivity index (χ0v) is 11.8. The van der Waals surface area contributed by atoms with Crippen LogP contribution in [0.5, 0.6) is 0 Å². The minimum absolute atomic E-state index is 0.00389. The molecular weight excluding hydrogens is 250 g/mol. The minimum atomic E-state index is -0.635. The molecule has 0 aromatic carbocycles. The van der Waals surface area contributed by atoms with Gasteiger partial charge in [-0.3, -0.25) is 4.79 Å². The Bertz CT molecular complexity index is 432. The molecule has 1 fully saturated rings. The fourth-order valence-electron chi connectivity index (χ4n) is 2.06. The third-order valence-corrected chi connectivity index (χ3v) is 4.11. The third-order valence-electron chi connectivity index (χ3n) is 3.38. The van der Waals surface area contributed by atoms with Gasteiger partial charge in [0.1, 0.15) is 4.88 Å². The summed E-state index contributed by atoms with van der Waals surface area (Å²) < 4.78 is 3.88. The molecule has 1 aromatic heterocycles. The van der Waals surface area contributed by atoms with Gasteiger partial charge in [0.2, 0.25) is 0 Å². The molecule has 1 saturated heterocycles. The van der Waals surface area contributed by atoms with E-state index in [0.29, 0.717) is 30.8 Å². The zero-order valence-electron chi connectivity index (χ0n) is 11.0. The Balaban J connectivity index is 2.10. The molecule has 1 aliphatic heterocycles. The lowest BCUT2D eigenvalue weighted by molar-refractivity contribution is -0.00192. The Labute approximate surface area is 111 Å². The van der Waals surface area contributed by atoms with Crippen LogP contribution in [0.4, 0.5) is 0 Å². The molecule has 0 saturated carbocycles. The molecule has 18 heavy (non-hydrogen) atoms. The quantitative estimate of drug-likeness (QED) is 0.886. The summed E-state index contributed by atoms with van der Waals surface area (Å²) in [6, 6.07) is 0. The molecule has 2 rings (SSSR count). The summed E-state index contributed by atoms with van der Waals surface area (Å²) in [7, 11) is 0.